The highest BCUT2D eigenvalue weighted by molar-refractivity contribution is 5.79. The smallest absolute Gasteiger partial charge is 0.351 e. The van der Waals surface area contributed by atoms with Crippen molar-refractivity contribution in [2.24, 2.45) is 5.92 Å². The largest absolute Gasteiger partial charge is 0.394 e. The first-order chi connectivity index (χ1) is 8.52. The Balaban J connectivity index is 2.26. The molecule has 2 heterocycles. The zero-order chi connectivity index (χ0) is 13.3. The van der Waals surface area contributed by atoms with Gasteiger partial charge in [0.15, 0.2) is 0 Å². The van der Waals surface area contributed by atoms with Crippen LogP contribution in [-0.4, -0.2) is 33.2 Å². The van der Waals surface area contributed by atoms with E-state index in [1.807, 2.05) is 0 Å². The summed E-state index contributed by atoms with van der Waals surface area (Å²) in [5.41, 5.74) is 4.87. The van der Waals surface area contributed by atoms with E-state index in [-0.39, 0.29) is 18.2 Å². The summed E-state index contributed by atoms with van der Waals surface area (Å²) in [6.07, 6.45) is 0.673. The first kappa shape index (κ1) is 12.7. The quantitative estimate of drug-likeness (QED) is 0.738. The molecule has 0 aliphatic carbocycles. The van der Waals surface area contributed by atoms with Gasteiger partial charge < -0.3 is 15.6 Å². The molecule has 0 unspecified atom stereocenters. The van der Waals surface area contributed by atoms with E-state index in [1.54, 1.807) is 0 Å². The van der Waals surface area contributed by atoms with Gasteiger partial charge in [-0.25, -0.2) is 4.79 Å². The number of rotatable bonds is 3. The van der Waals surface area contributed by atoms with E-state index < -0.39 is 23.9 Å². The summed E-state index contributed by atoms with van der Waals surface area (Å²) in [4.78, 5) is 26.7. The number of anilines is 1. The number of carbonyl (C=O) groups is 1. The zero-order valence-corrected chi connectivity index (χ0v) is 9.94. The predicted molar refractivity (Wildman–Crippen MR) is 62.7 cm³/mol. The van der Waals surface area contributed by atoms with Crippen LogP contribution in [0.4, 0.5) is 5.82 Å². The fourth-order valence-electron chi connectivity index (χ4n) is 2.14. The van der Waals surface area contributed by atoms with E-state index in [0.717, 1.165) is 0 Å². The van der Waals surface area contributed by atoms with Crippen molar-refractivity contribution in [2.45, 2.75) is 25.7 Å². The Morgan fingerprint density at radius 1 is 1.72 bits per heavy atom. The minimum Gasteiger partial charge on any atom is -0.394 e. The molecule has 7 heteroatoms. The van der Waals surface area contributed by atoms with Gasteiger partial charge in [-0.3, -0.25) is 9.36 Å². The monoisotopic (exact) mass is 253 g/mol. The molecule has 0 radical (unpaired) electrons. The molecule has 1 aliphatic rings. The third-order valence-corrected chi connectivity index (χ3v) is 3.10. The summed E-state index contributed by atoms with van der Waals surface area (Å²) in [7, 11) is 0. The van der Waals surface area contributed by atoms with E-state index >= 15 is 0 Å². The van der Waals surface area contributed by atoms with Gasteiger partial charge in [0.1, 0.15) is 17.8 Å². The number of hydrogen-bond acceptors (Lipinski definition) is 6. The van der Waals surface area contributed by atoms with Crippen molar-refractivity contribution >= 4 is 11.6 Å². The Morgan fingerprint density at radius 2 is 2.44 bits per heavy atom. The lowest BCUT2D eigenvalue weighted by molar-refractivity contribution is -0.123. The number of hydrogen-bond donors (Lipinski definition) is 2. The van der Waals surface area contributed by atoms with Gasteiger partial charge in [-0.15, -0.1) is 0 Å². The maximum Gasteiger partial charge on any atom is 0.351 e. The minimum absolute atomic E-state index is 0.0620. The molecule has 7 nitrogen and oxygen atoms in total. The van der Waals surface area contributed by atoms with E-state index in [9.17, 15) is 9.59 Å². The average Bonchev–Trinajstić information content (AvgIpc) is 2.73. The molecule has 1 fully saturated rings. The molecule has 3 N–H and O–H groups in total. The number of nitrogens with zero attached hydrogens (tertiary/aromatic N) is 2. The summed E-state index contributed by atoms with van der Waals surface area (Å²) in [5.74, 6) is -0.325. The Bertz CT molecular complexity index is 513. The molecule has 0 saturated carbocycles. The topological polar surface area (TPSA) is 107 Å². The minimum atomic E-state index is -0.586. The second-order valence-electron chi connectivity index (χ2n) is 4.31. The summed E-state index contributed by atoms with van der Waals surface area (Å²) in [6, 6.07) is 1.49. The van der Waals surface area contributed by atoms with Crippen LogP contribution in [0.25, 0.3) is 0 Å². The van der Waals surface area contributed by atoms with Gasteiger partial charge in [-0.2, -0.15) is 4.98 Å². The molecule has 98 valence electrons. The first-order valence-electron chi connectivity index (χ1n) is 5.64. The lowest BCUT2D eigenvalue weighted by Gasteiger charge is -2.14. The molecule has 1 saturated heterocycles. The van der Waals surface area contributed by atoms with Crippen LogP contribution in [-0.2, 0) is 9.53 Å². The van der Waals surface area contributed by atoms with Gasteiger partial charge in [0.2, 0.25) is 0 Å². The molecular formula is C11H15N3O4. The molecular weight excluding hydrogens is 238 g/mol. The second-order valence-corrected chi connectivity index (χ2v) is 4.31. The predicted octanol–water partition coefficient (Wildman–Crippen LogP) is -0.689. The van der Waals surface area contributed by atoms with Crippen LogP contribution in [0.2, 0.25) is 0 Å². The number of aliphatic hydroxyl groups excluding tert-OH is 1. The van der Waals surface area contributed by atoms with Crippen molar-refractivity contribution in [3.05, 3.63) is 22.7 Å². The Morgan fingerprint density at radius 3 is 2.94 bits per heavy atom. The lowest BCUT2D eigenvalue weighted by Crippen LogP contribution is -2.28. The number of Topliss-reactive ketones (excluding diaryl/α,β-unsaturated/α-hetero) is 1. The molecule has 0 bridgehead atoms. The van der Waals surface area contributed by atoms with Crippen LogP contribution in [0.15, 0.2) is 17.1 Å². The van der Waals surface area contributed by atoms with Crippen LogP contribution in [0.5, 0.6) is 0 Å². The Kier molecular flexibility index (Phi) is 3.44. The van der Waals surface area contributed by atoms with Crippen molar-refractivity contribution in [3.8, 4) is 0 Å². The Labute approximate surface area is 103 Å². The maximum absolute atomic E-state index is 11.6. The van der Waals surface area contributed by atoms with Gasteiger partial charge >= 0.3 is 5.69 Å². The molecule has 3 atom stereocenters. The van der Waals surface area contributed by atoms with Gasteiger partial charge in [0, 0.05) is 12.6 Å². The van der Waals surface area contributed by atoms with Crippen molar-refractivity contribution in [1.82, 2.24) is 9.55 Å². The van der Waals surface area contributed by atoms with E-state index in [2.05, 4.69) is 4.98 Å². The van der Waals surface area contributed by atoms with E-state index in [4.69, 9.17) is 15.6 Å². The highest BCUT2D eigenvalue weighted by atomic mass is 16.5. The van der Waals surface area contributed by atoms with Crippen LogP contribution in [0.3, 0.4) is 0 Å². The fourth-order valence-corrected chi connectivity index (χ4v) is 2.14. The van der Waals surface area contributed by atoms with Gasteiger partial charge in [-0.1, -0.05) is 0 Å². The van der Waals surface area contributed by atoms with E-state index in [0.29, 0.717) is 6.42 Å². The highest BCUT2D eigenvalue weighted by Gasteiger charge is 2.38. The molecule has 1 aromatic heterocycles. The van der Waals surface area contributed by atoms with Crippen molar-refractivity contribution < 1.29 is 14.6 Å². The zero-order valence-electron chi connectivity index (χ0n) is 9.94. The molecule has 0 amide bonds. The summed E-state index contributed by atoms with van der Waals surface area (Å²) >= 11 is 0. The van der Waals surface area contributed by atoms with Crippen LogP contribution < -0.4 is 11.4 Å². The van der Waals surface area contributed by atoms with Gasteiger partial charge in [-0.05, 0) is 13.0 Å². The van der Waals surface area contributed by atoms with Gasteiger partial charge in [0.25, 0.3) is 0 Å². The molecule has 2 rings (SSSR count). The van der Waals surface area contributed by atoms with Crippen molar-refractivity contribution in [1.29, 1.82) is 0 Å². The number of ether oxygens (including phenoxy) is 1. The number of nitrogens with two attached hydrogens (primary N) is 1. The summed E-state index contributed by atoms with van der Waals surface area (Å²) < 4.78 is 6.78. The van der Waals surface area contributed by atoms with Crippen molar-refractivity contribution in [3.63, 3.8) is 0 Å². The maximum atomic E-state index is 11.6. The molecule has 0 aromatic carbocycles. The standard InChI is InChI=1S/C11H15N3O4/c1-6(16)7-4-10(18-8(7)5-15)14-3-2-9(12)13-11(14)17/h2-3,7-8,10,15H,4-5H2,1H3,(H2,12,13,17)/t7-,8-,10-/m1/s1. The second kappa shape index (κ2) is 4.87. The number of carbonyl (C=O) groups excluding carboxylic acids is 1. The number of ketones is 1. The highest BCUT2D eigenvalue weighted by Crippen LogP contribution is 2.32. The molecule has 1 aromatic rings. The fraction of sp³-hybridized carbons (Fsp3) is 0.545. The summed E-state index contributed by atoms with van der Waals surface area (Å²) in [6.45, 7) is 1.20. The SMILES string of the molecule is CC(=O)[C@H]1C[C@H](n2ccc(N)nc2=O)O[C@@H]1CO. The molecule has 1 aliphatic heterocycles. The average molecular weight is 253 g/mol. The Hall–Kier alpha value is -1.73. The molecule has 18 heavy (non-hydrogen) atoms. The normalized spacial score (nSPS) is 27.3. The number of nitrogen functional groups attached to an aromatic ring is 1. The van der Waals surface area contributed by atoms with Crippen LogP contribution >= 0.6 is 0 Å². The number of aromatic nitrogens is 2. The first-order valence-corrected chi connectivity index (χ1v) is 5.64. The molecule has 0 spiro atoms. The lowest BCUT2D eigenvalue weighted by atomic mass is 9.97. The van der Waals surface area contributed by atoms with Crippen LogP contribution in [0.1, 0.15) is 19.6 Å². The van der Waals surface area contributed by atoms with Crippen LogP contribution in [0, 0.1) is 5.92 Å². The van der Waals surface area contributed by atoms with Crippen molar-refractivity contribution in [2.75, 3.05) is 12.3 Å². The van der Waals surface area contributed by atoms with Gasteiger partial charge in [0.05, 0.1) is 18.6 Å². The van der Waals surface area contributed by atoms with E-state index in [1.165, 1.54) is 23.8 Å². The third kappa shape index (κ3) is 2.27. The summed E-state index contributed by atoms with van der Waals surface area (Å²) in [5, 5.41) is 9.16. The third-order valence-electron chi connectivity index (χ3n) is 3.10. The number of aliphatic hydroxyl groups is 1.